The van der Waals surface area contributed by atoms with Gasteiger partial charge < -0.3 is 10.5 Å². The van der Waals surface area contributed by atoms with E-state index in [0.717, 1.165) is 6.42 Å². The molecule has 0 aromatic carbocycles. The molecule has 1 heterocycles. The first-order valence-corrected chi connectivity index (χ1v) is 5.42. The molecule has 0 amide bonds. The van der Waals surface area contributed by atoms with Gasteiger partial charge in [-0.05, 0) is 6.42 Å². The van der Waals surface area contributed by atoms with Crippen molar-refractivity contribution in [2.45, 2.75) is 33.1 Å². The van der Waals surface area contributed by atoms with Gasteiger partial charge in [-0.2, -0.15) is 4.98 Å². The Morgan fingerprint density at radius 3 is 2.59 bits per heavy atom. The Morgan fingerprint density at radius 1 is 1.47 bits per heavy atom. The topological polar surface area (TPSA) is 104 Å². The molecule has 0 fully saturated rings. The van der Waals surface area contributed by atoms with Crippen LogP contribution >= 0.6 is 0 Å². The van der Waals surface area contributed by atoms with E-state index < -0.39 is 4.92 Å². The minimum atomic E-state index is -0.621. The fraction of sp³-hybridized carbons (Fsp3) is 0.600. The number of nitro groups is 1. The number of nitrogens with two attached hydrogens (primary N) is 1. The molecule has 7 heteroatoms. The Bertz CT molecular complexity index is 420. The SMILES string of the molecule is CCCOc1nc(C(C)C)nc(N)c1[N+](=O)[O-]. The zero-order chi connectivity index (χ0) is 13.0. The van der Waals surface area contributed by atoms with Crippen LogP contribution in [0.15, 0.2) is 0 Å². The number of rotatable bonds is 5. The van der Waals surface area contributed by atoms with Gasteiger partial charge in [0, 0.05) is 5.92 Å². The Balaban J connectivity index is 3.23. The normalized spacial score (nSPS) is 10.6. The molecule has 1 aromatic heterocycles. The summed E-state index contributed by atoms with van der Waals surface area (Å²) >= 11 is 0. The van der Waals surface area contributed by atoms with Crippen molar-refractivity contribution in [3.05, 3.63) is 15.9 Å². The summed E-state index contributed by atoms with van der Waals surface area (Å²) in [4.78, 5) is 18.2. The van der Waals surface area contributed by atoms with Crippen LogP contribution in [-0.4, -0.2) is 21.5 Å². The second-order valence-corrected chi connectivity index (χ2v) is 3.88. The lowest BCUT2D eigenvalue weighted by molar-refractivity contribution is -0.385. The number of aromatic nitrogens is 2. The number of hydrogen-bond donors (Lipinski definition) is 1. The second kappa shape index (κ2) is 5.42. The van der Waals surface area contributed by atoms with Crippen molar-refractivity contribution >= 4 is 11.5 Å². The Morgan fingerprint density at radius 2 is 2.12 bits per heavy atom. The van der Waals surface area contributed by atoms with Crippen molar-refractivity contribution < 1.29 is 9.66 Å². The molecular formula is C10H16N4O3. The summed E-state index contributed by atoms with van der Waals surface area (Å²) in [6, 6.07) is 0. The largest absolute Gasteiger partial charge is 0.473 e. The maximum atomic E-state index is 10.9. The molecule has 1 aromatic rings. The summed E-state index contributed by atoms with van der Waals surface area (Å²) in [5, 5.41) is 10.9. The van der Waals surface area contributed by atoms with Crippen molar-refractivity contribution in [3.8, 4) is 5.88 Å². The lowest BCUT2D eigenvalue weighted by atomic mass is 10.2. The molecule has 0 atom stereocenters. The molecule has 0 aliphatic rings. The minimum Gasteiger partial charge on any atom is -0.473 e. The molecule has 17 heavy (non-hydrogen) atoms. The van der Waals surface area contributed by atoms with Gasteiger partial charge in [-0.1, -0.05) is 20.8 Å². The summed E-state index contributed by atoms with van der Waals surface area (Å²) in [5.41, 5.74) is 5.20. The number of nitrogen functional groups attached to an aromatic ring is 1. The van der Waals surface area contributed by atoms with E-state index in [4.69, 9.17) is 10.5 Å². The van der Waals surface area contributed by atoms with E-state index in [0.29, 0.717) is 12.4 Å². The summed E-state index contributed by atoms with van der Waals surface area (Å²) in [7, 11) is 0. The van der Waals surface area contributed by atoms with Crippen molar-refractivity contribution in [1.82, 2.24) is 9.97 Å². The predicted molar refractivity (Wildman–Crippen MR) is 63.0 cm³/mol. The van der Waals surface area contributed by atoms with Crippen molar-refractivity contribution in [3.63, 3.8) is 0 Å². The van der Waals surface area contributed by atoms with Gasteiger partial charge >= 0.3 is 5.69 Å². The molecule has 0 unspecified atom stereocenters. The van der Waals surface area contributed by atoms with Crippen LogP contribution in [0, 0.1) is 10.1 Å². The summed E-state index contributed by atoms with van der Waals surface area (Å²) in [5.74, 6) is 0.272. The van der Waals surface area contributed by atoms with Crippen LogP contribution in [-0.2, 0) is 0 Å². The number of anilines is 1. The van der Waals surface area contributed by atoms with Gasteiger partial charge in [0.25, 0.3) is 5.88 Å². The molecule has 0 saturated heterocycles. The fourth-order valence-electron chi connectivity index (χ4n) is 1.20. The van der Waals surface area contributed by atoms with Crippen LogP contribution in [0.4, 0.5) is 11.5 Å². The van der Waals surface area contributed by atoms with Gasteiger partial charge in [-0.3, -0.25) is 10.1 Å². The Hall–Kier alpha value is -1.92. The zero-order valence-electron chi connectivity index (χ0n) is 10.1. The lowest BCUT2D eigenvalue weighted by Crippen LogP contribution is -2.10. The van der Waals surface area contributed by atoms with Crippen LogP contribution in [0.1, 0.15) is 38.9 Å². The van der Waals surface area contributed by atoms with Crippen molar-refractivity contribution in [1.29, 1.82) is 0 Å². The molecule has 0 aliphatic carbocycles. The minimum absolute atomic E-state index is 0.0297. The standard InChI is InChI=1S/C10H16N4O3/c1-4-5-17-10-7(14(15)16)8(11)12-9(13-10)6(2)3/h6H,4-5H2,1-3H3,(H2,11,12,13). The molecule has 1 rings (SSSR count). The Kier molecular flexibility index (Phi) is 4.19. The van der Waals surface area contributed by atoms with E-state index in [1.54, 1.807) is 0 Å². The quantitative estimate of drug-likeness (QED) is 0.622. The highest BCUT2D eigenvalue weighted by Gasteiger charge is 2.25. The highest BCUT2D eigenvalue weighted by Crippen LogP contribution is 2.31. The number of hydrogen-bond acceptors (Lipinski definition) is 6. The van der Waals surface area contributed by atoms with Crippen molar-refractivity contribution in [2.75, 3.05) is 12.3 Å². The molecule has 7 nitrogen and oxygen atoms in total. The van der Waals surface area contributed by atoms with E-state index in [2.05, 4.69) is 9.97 Å². The van der Waals surface area contributed by atoms with Crippen molar-refractivity contribution in [2.24, 2.45) is 0 Å². The number of nitrogens with zero attached hydrogens (tertiary/aromatic N) is 3. The average Bonchev–Trinajstić information content (AvgIpc) is 2.24. The first kappa shape index (κ1) is 13.1. The third-order valence-electron chi connectivity index (χ3n) is 2.04. The molecule has 0 radical (unpaired) electrons. The third kappa shape index (κ3) is 3.02. The van der Waals surface area contributed by atoms with E-state index in [1.807, 2.05) is 20.8 Å². The maximum Gasteiger partial charge on any atom is 0.372 e. The first-order valence-electron chi connectivity index (χ1n) is 5.42. The van der Waals surface area contributed by atoms with E-state index in [1.165, 1.54) is 0 Å². The van der Waals surface area contributed by atoms with E-state index in [-0.39, 0.29) is 23.3 Å². The molecule has 0 saturated carbocycles. The average molecular weight is 240 g/mol. The highest BCUT2D eigenvalue weighted by molar-refractivity contribution is 5.58. The highest BCUT2D eigenvalue weighted by atomic mass is 16.6. The molecule has 0 bridgehead atoms. The summed E-state index contributed by atoms with van der Waals surface area (Å²) in [6.07, 6.45) is 0.734. The Labute approximate surface area is 99.2 Å². The lowest BCUT2D eigenvalue weighted by Gasteiger charge is -2.09. The smallest absolute Gasteiger partial charge is 0.372 e. The number of ether oxygens (including phenoxy) is 1. The van der Waals surface area contributed by atoms with Crippen LogP contribution in [0.2, 0.25) is 0 Å². The van der Waals surface area contributed by atoms with Crippen LogP contribution in [0.25, 0.3) is 0 Å². The molecule has 0 aliphatic heterocycles. The maximum absolute atomic E-state index is 10.9. The van der Waals surface area contributed by atoms with E-state index >= 15 is 0 Å². The second-order valence-electron chi connectivity index (χ2n) is 3.88. The monoisotopic (exact) mass is 240 g/mol. The van der Waals surface area contributed by atoms with E-state index in [9.17, 15) is 10.1 Å². The molecule has 2 N–H and O–H groups in total. The van der Waals surface area contributed by atoms with Gasteiger partial charge in [0.15, 0.2) is 0 Å². The first-order chi connectivity index (χ1) is 7.97. The van der Waals surface area contributed by atoms with Crippen LogP contribution in [0.3, 0.4) is 0 Å². The molecule has 0 spiro atoms. The van der Waals surface area contributed by atoms with Crippen LogP contribution < -0.4 is 10.5 Å². The molecular weight excluding hydrogens is 224 g/mol. The summed E-state index contributed by atoms with van der Waals surface area (Å²) in [6.45, 7) is 6.02. The van der Waals surface area contributed by atoms with Gasteiger partial charge in [0.2, 0.25) is 5.82 Å². The predicted octanol–water partition coefficient (Wildman–Crippen LogP) is 1.88. The molecule has 94 valence electrons. The zero-order valence-corrected chi connectivity index (χ0v) is 10.1. The third-order valence-corrected chi connectivity index (χ3v) is 2.04. The summed E-state index contributed by atoms with van der Waals surface area (Å²) < 4.78 is 5.25. The van der Waals surface area contributed by atoms with Crippen LogP contribution in [0.5, 0.6) is 5.88 Å². The van der Waals surface area contributed by atoms with Gasteiger partial charge in [-0.25, -0.2) is 4.98 Å². The van der Waals surface area contributed by atoms with Gasteiger partial charge in [0.05, 0.1) is 11.5 Å². The van der Waals surface area contributed by atoms with Gasteiger partial charge in [-0.15, -0.1) is 0 Å². The fourth-order valence-corrected chi connectivity index (χ4v) is 1.20. The van der Waals surface area contributed by atoms with Gasteiger partial charge in [0.1, 0.15) is 5.82 Å².